The topological polar surface area (TPSA) is 95.4 Å². The van der Waals surface area contributed by atoms with E-state index in [2.05, 4.69) is 4.74 Å². The van der Waals surface area contributed by atoms with Crippen molar-refractivity contribution in [2.45, 2.75) is 25.9 Å². The number of hydrogen-bond acceptors (Lipinski definition) is 5. The molecule has 0 aliphatic heterocycles. The van der Waals surface area contributed by atoms with Gasteiger partial charge in [0.05, 0.1) is 6.17 Å². The Kier molecular flexibility index (Phi) is 4.40. The van der Waals surface area contributed by atoms with Crippen LogP contribution in [-0.2, 0) is 14.3 Å². The molecule has 0 fully saturated rings. The highest BCUT2D eigenvalue weighted by atomic mass is 16.6. The fourth-order valence-corrected chi connectivity index (χ4v) is 0.496. The van der Waals surface area contributed by atoms with E-state index < -0.39 is 18.1 Å². The van der Waals surface area contributed by atoms with Gasteiger partial charge in [0.25, 0.3) is 0 Å². The van der Waals surface area contributed by atoms with Crippen LogP contribution in [0.1, 0.15) is 19.8 Å². The highest BCUT2D eigenvalue weighted by molar-refractivity contribution is 5.83. The Morgan fingerprint density at radius 1 is 1.45 bits per heavy atom. The third-order valence-electron chi connectivity index (χ3n) is 0.939. The smallest absolute Gasteiger partial charge is 0.313 e. The molecule has 64 valence electrons. The Hall–Kier alpha value is -0.940. The lowest BCUT2D eigenvalue weighted by molar-refractivity contribution is -0.158. The van der Waals surface area contributed by atoms with Gasteiger partial charge >= 0.3 is 11.9 Å². The van der Waals surface area contributed by atoms with E-state index in [9.17, 15) is 9.59 Å². The van der Waals surface area contributed by atoms with Crippen LogP contribution in [0.5, 0.6) is 0 Å². The van der Waals surface area contributed by atoms with Crippen LogP contribution in [0.2, 0.25) is 0 Å². The van der Waals surface area contributed by atoms with Crippen LogP contribution in [0.3, 0.4) is 0 Å². The second-order valence-corrected chi connectivity index (χ2v) is 2.17. The summed E-state index contributed by atoms with van der Waals surface area (Å²) in [5, 5.41) is 0. The average molecular weight is 160 g/mol. The van der Waals surface area contributed by atoms with Gasteiger partial charge in [-0.05, 0) is 6.42 Å². The average Bonchev–Trinajstić information content (AvgIpc) is 1.82. The molecule has 0 saturated heterocycles. The van der Waals surface area contributed by atoms with Crippen molar-refractivity contribution in [2.24, 2.45) is 11.5 Å². The molecular formula is C6H12N2O3. The van der Waals surface area contributed by atoms with E-state index in [0.717, 1.165) is 0 Å². The molecule has 0 aliphatic carbocycles. The van der Waals surface area contributed by atoms with Gasteiger partial charge in [-0.3, -0.25) is 9.59 Å². The van der Waals surface area contributed by atoms with Crippen molar-refractivity contribution in [3.8, 4) is 0 Å². The van der Waals surface area contributed by atoms with Crippen LogP contribution in [0, 0.1) is 0 Å². The van der Waals surface area contributed by atoms with E-state index in [1.807, 2.05) is 0 Å². The second kappa shape index (κ2) is 4.81. The van der Waals surface area contributed by atoms with E-state index in [1.165, 1.54) is 6.92 Å². The lowest BCUT2D eigenvalue weighted by Crippen LogP contribution is -2.31. The third kappa shape index (κ3) is 6.95. The highest BCUT2D eigenvalue weighted by Gasteiger charge is 2.06. The number of rotatable bonds is 3. The van der Waals surface area contributed by atoms with Crippen LogP contribution >= 0.6 is 0 Å². The van der Waals surface area contributed by atoms with Crippen LogP contribution in [0.15, 0.2) is 0 Å². The lowest BCUT2D eigenvalue weighted by atomic mass is 10.3. The molecule has 5 nitrogen and oxygen atoms in total. The van der Waals surface area contributed by atoms with Crippen LogP contribution in [0.4, 0.5) is 0 Å². The molecule has 0 atom stereocenters. The van der Waals surface area contributed by atoms with Crippen molar-refractivity contribution in [1.29, 1.82) is 0 Å². The quantitative estimate of drug-likeness (QED) is 0.317. The predicted octanol–water partition coefficient (Wildman–Crippen LogP) is -0.900. The van der Waals surface area contributed by atoms with Crippen molar-refractivity contribution < 1.29 is 14.3 Å². The standard InChI is InChI=1S/C6H12N2O3/c1-4(9)11-6(10)3-2-5(7)8/h5H,2-3,7-8H2,1H3. The Labute approximate surface area is 64.7 Å². The van der Waals surface area contributed by atoms with Crippen LogP contribution in [-0.4, -0.2) is 18.1 Å². The van der Waals surface area contributed by atoms with Crippen molar-refractivity contribution in [3.63, 3.8) is 0 Å². The van der Waals surface area contributed by atoms with Gasteiger partial charge < -0.3 is 16.2 Å². The Morgan fingerprint density at radius 3 is 2.36 bits per heavy atom. The SMILES string of the molecule is CC(=O)OC(=O)CCC(N)N. The first kappa shape index (κ1) is 10.1. The minimum Gasteiger partial charge on any atom is -0.393 e. The minimum absolute atomic E-state index is 0.0806. The summed E-state index contributed by atoms with van der Waals surface area (Å²) in [7, 11) is 0. The first-order valence-electron chi connectivity index (χ1n) is 3.24. The molecule has 0 aromatic heterocycles. The van der Waals surface area contributed by atoms with Gasteiger partial charge in [-0.25, -0.2) is 0 Å². The summed E-state index contributed by atoms with van der Waals surface area (Å²) in [6, 6.07) is 0. The normalized spacial score (nSPS) is 9.82. The summed E-state index contributed by atoms with van der Waals surface area (Å²) in [5.74, 6) is -1.20. The molecule has 0 amide bonds. The van der Waals surface area contributed by atoms with Crippen LogP contribution in [0.25, 0.3) is 0 Å². The summed E-state index contributed by atoms with van der Waals surface area (Å²) in [6.07, 6.45) is -0.127. The Morgan fingerprint density at radius 2 is 2.00 bits per heavy atom. The molecule has 11 heavy (non-hydrogen) atoms. The zero-order valence-electron chi connectivity index (χ0n) is 6.37. The molecular weight excluding hydrogens is 148 g/mol. The molecule has 0 saturated carbocycles. The maximum atomic E-state index is 10.6. The molecule has 0 aromatic rings. The van der Waals surface area contributed by atoms with Gasteiger partial charge in [0, 0.05) is 13.3 Å². The second-order valence-electron chi connectivity index (χ2n) is 2.17. The summed E-state index contributed by atoms with van der Waals surface area (Å²) in [4.78, 5) is 20.8. The van der Waals surface area contributed by atoms with Gasteiger partial charge in [0.1, 0.15) is 0 Å². The monoisotopic (exact) mass is 160 g/mol. The predicted molar refractivity (Wildman–Crippen MR) is 38.2 cm³/mol. The lowest BCUT2D eigenvalue weighted by Gasteiger charge is -2.02. The van der Waals surface area contributed by atoms with Crippen LogP contribution < -0.4 is 11.5 Å². The maximum absolute atomic E-state index is 10.6. The van der Waals surface area contributed by atoms with E-state index in [0.29, 0.717) is 6.42 Å². The number of carbonyl (C=O) groups excluding carboxylic acids is 2. The van der Waals surface area contributed by atoms with E-state index in [1.54, 1.807) is 0 Å². The van der Waals surface area contributed by atoms with Crippen molar-refractivity contribution >= 4 is 11.9 Å². The van der Waals surface area contributed by atoms with Gasteiger partial charge in [0.15, 0.2) is 0 Å². The molecule has 0 bridgehead atoms. The molecule has 0 aromatic carbocycles. The minimum atomic E-state index is -0.611. The van der Waals surface area contributed by atoms with Crippen molar-refractivity contribution in [1.82, 2.24) is 0 Å². The molecule has 0 aliphatic rings. The summed E-state index contributed by atoms with van der Waals surface area (Å²) in [5.41, 5.74) is 10.3. The van der Waals surface area contributed by atoms with E-state index in [4.69, 9.17) is 11.5 Å². The summed E-state index contributed by atoms with van der Waals surface area (Å²) < 4.78 is 4.21. The zero-order chi connectivity index (χ0) is 8.85. The Balaban J connectivity index is 3.46. The van der Waals surface area contributed by atoms with Gasteiger partial charge in [-0.2, -0.15) is 0 Å². The van der Waals surface area contributed by atoms with Gasteiger partial charge in [-0.1, -0.05) is 0 Å². The maximum Gasteiger partial charge on any atom is 0.313 e. The number of carbonyl (C=O) groups is 2. The first-order chi connectivity index (χ1) is 5.02. The number of esters is 2. The highest BCUT2D eigenvalue weighted by Crippen LogP contribution is 1.93. The molecule has 0 spiro atoms. The Bertz CT molecular complexity index is 156. The summed E-state index contributed by atoms with van der Waals surface area (Å²) >= 11 is 0. The zero-order valence-corrected chi connectivity index (χ0v) is 6.37. The molecule has 0 heterocycles. The van der Waals surface area contributed by atoms with Gasteiger partial charge in [0.2, 0.25) is 0 Å². The number of nitrogens with two attached hydrogens (primary N) is 2. The fraction of sp³-hybridized carbons (Fsp3) is 0.667. The molecule has 5 heteroatoms. The number of hydrogen-bond donors (Lipinski definition) is 2. The van der Waals surface area contributed by atoms with Gasteiger partial charge in [-0.15, -0.1) is 0 Å². The molecule has 4 N–H and O–H groups in total. The van der Waals surface area contributed by atoms with Crippen molar-refractivity contribution in [3.05, 3.63) is 0 Å². The largest absolute Gasteiger partial charge is 0.393 e. The first-order valence-corrected chi connectivity index (χ1v) is 3.24. The molecule has 0 radical (unpaired) electrons. The fourth-order valence-electron chi connectivity index (χ4n) is 0.496. The summed E-state index contributed by atoms with van der Waals surface area (Å²) in [6.45, 7) is 1.17. The number of ether oxygens (including phenoxy) is 1. The van der Waals surface area contributed by atoms with E-state index >= 15 is 0 Å². The van der Waals surface area contributed by atoms with Crippen molar-refractivity contribution in [2.75, 3.05) is 0 Å². The molecule has 0 unspecified atom stereocenters. The molecule has 0 rings (SSSR count). The van der Waals surface area contributed by atoms with E-state index in [-0.39, 0.29) is 6.42 Å². The third-order valence-corrected chi connectivity index (χ3v) is 0.939.